The number of urea groups is 1. The fourth-order valence-electron chi connectivity index (χ4n) is 2.16. The number of carbonyl (C=O) groups is 1. The average Bonchev–Trinajstić information content (AvgIpc) is 2.50. The normalized spacial score (nSPS) is 10.3. The second kappa shape index (κ2) is 5.89. The minimum atomic E-state index is -0.265. The van der Waals surface area contributed by atoms with Gasteiger partial charge in [0.15, 0.2) is 0 Å². The number of amides is 2. The lowest BCUT2D eigenvalue weighted by Gasteiger charge is -2.10. The maximum absolute atomic E-state index is 12.1. The highest BCUT2D eigenvalue weighted by molar-refractivity contribution is 7.80. The van der Waals surface area contributed by atoms with E-state index in [0.717, 1.165) is 27.0 Å². The zero-order valence-corrected chi connectivity index (χ0v) is 12.1. The summed E-state index contributed by atoms with van der Waals surface area (Å²) >= 11 is 4.21. The molecule has 0 spiro atoms. The highest BCUT2D eigenvalue weighted by Gasteiger charge is 2.05. The number of fused-ring (bicyclic) bond motifs is 1. The van der Waals surface area contributed by atoms with Crippen LogP contribution in [0.2, 0.25) is 0 Å². The Morgan fingerprint density at radius 3 is 2.33 bits per heavy atom. The van der Waals surface area contributed by atoms with Crippen LogP contribution in [0, 0.1) is 0 Å². The van der Waals surface area contributed by atoms with Crippen LogP contribution in [0.3, 0.4) is 0 Å². The van der Waals surface area contributed by atoms with Gasteiger partial charge >= 0.3 is 6.03 Å². The highest BCUT2D eigenvalue weighted by Crippen LogP contribution is 2.23. The largest absolute Gasteiger partial charge is 0.323 e. The molecule has 104 valence electrons. The first kappa shape index (κ1) is 13.5. The first-order valence-corrected chi connectivity index (χ1v) is 7.02. The maximum Gasteiger partial charge on any atom is 0.323 e. The molecule has 3 aromatic carbocycles. The molecule has 4 heteroatoms. The van der Waals surface area contributed by atoms with Gasteiger partial charge in [-0.2, -0.15) is 0 Å². The third kappa shape index (κ3) is 3.17. The summed E-state index contributed by atoms with van der Waals surface area (Å²) < 4.78 is 0. The van der Waals surface area contributed by atoms with Crippen LogP contribution in [0.1, 0.15) is 0 Å². The minimum Gasteiger partial charge on any atom is -0.308 e. The Morgan fingerprint density at radius 1 is 0.810 bits per heavy atom. The van der Waals surface area contributed by atoms with Gasteiger partial charge in [0, 0.05) is 16.0 Å². The Labute approximate surface area is 128 Å². The van der Waals surface area contributed by atoms with Gasteiger partial charge in [-0.15, -0.1) is 12.6 Å². The zero-order chi connectivity index (χ0) is 14.7. The fourth-order valence-corrected chi connectivity index (χ4v) is 2.31. The Morgan fingerprint density at radius 2 is 1.52 bits per heavy atom. The van der Waals surface area contributed by atoms with Crippen LogP contribution in [0.15, 0.2) is 71.6 Å². The molecule has 0 saturated carbocycles. The molecular weight excluding hydrogens is 280 g/mol. The summed E-state index contributed by atoms with van der Waals surface area (Å²) in [6, 6.07) is 20.8. The Balaban J connectivity index is 1.79. The van der Waals surface area contributed by atoms with Crippen molar-refractivity contribution in [3.05, 3.63) is 66.7 Å². The number of hydrogen-bond acceptors (Lipinski definition) is 2. The molecule has 3 aromatic rings. The molecule has 0 radical (unpaired) electrons. The van der Waals surface area contributed by atoms with Gasteiger partial charge in [0.25, 0.3) is 0 Å². The fraction of sp³-hybridized carbons (Fsp3) is 0. The lowest BCUT2D eigenvalue weighted by atomic mass is 10.1. The SMILES string of the molecule is O=C(Nc1ccc(S)cc1)Nc1cccc2ccccc12. The maximum atomic E-state index is 12.1. The predicted octanol–water partition coefficient (Wildman–Crippen LogP) is 4.77. The van der Waals surface area contributed by atoms with Crippen molar-refractivity contribution < 1.29 is 4.79 Å². The molecule has 0 aliphatic heterocycles. The van der Waals surface area contributed by atoms with E-state index in [9.17, 15) is 4.79 Å². The molecule has 3 rings (SSSR count). The van der Waals surface area contributed by atoms with Gasteiger partial charge in [-0.25, -0.2) is 4.79 Å². The van der Waals surface area contributed by atoms with Crippen LogP contribution in [0.4, 0.5) is 16.2 Å². The van der Waals surface area contributed by atoms with E-state index in [2.05, 4.69) is 23.3 Å². The van der Waals surface area contributed by atoms with Crippen molar-refractivity contribution in [3.8, 4) is 0 Å². The van der Waals surface area contributed by atoms with Crippen LogP contribution in [-0.4, -0.2) is 6.03 Å². The molecule has 0 fully saturated rings. The van der Waals surface area contributed by atoms with E-state index < -0.39 is 0 Å². The Bertz CT molecular complexity index is 779. The van der Waals surface area contributed by atoms with Crippen LogP contribution in [0.25, 0.3) is 10.8 Å². The Hall–Kier alpha value is -2.46. The molecular formula is C17H14N2OS. The number of hydrogen-bond donors (Lipinski definition) is 3. The highest BCUT2D eigenvalue weighted by atomic mass is 32.1. The number of anilines is 2. The summed E-state index contributed by atoms with van der Waals surface area (Å²) in [7, 11) is 0. The molecule has 0 aromatic heterocycles. The molecule has 0 unspecified atom stereocenters. The zero-order valence-electron chi connectivity index (χ0n) is 11.2. The molecule has 0 aliphatic rings. The molecule has 0 heterocycles. The van der Waals surface area contributed by atoms with E-state index in [1.165, 1.54) is 0 Å². The first-order chi connectivity index (χ1) is 10.2. The summed E-state index contributed by atoms with van der Waals surface area (Å²) in [5.41, 5.74) is 1.52. The lowest BCUT2D eigenvalue weighted by Crippen LogP contribution is -2.19. The van der Waals surface area contributed by atoms with Crippen molar-refractivity contribution in [2.45, 2.75) is 4.90 Å². The number of carbonyl (C=O) groups excluding carboxylic acids is 1. The van der Waals surface area contributed by atoms with Crippen molar-refractivity contribution in [3.63, 3.8) is 0 Å². The van der Waals surface area contributed by atoms with E-state index in [1.54, 1.807) is 0 Å². The summed E-state index contributed by atoms with van der Waals surface area (Å²) in [5.74, 6) is 0. The van der Waals surface area contributed by atoms with Crippen LogP contribution >= 0.6 is 12.6 Å². The molecule has 0 atom stereocenters. The van der Waals surface area contributed by atoms with Gasteiger partial charge in [0.05, 0.1) is 5.69 Å². The third-order valence-corrected chi connectivity index (χ3v) is 3.46. The van der Waals surface area contributed by atoms with Gasteiger partial charge in [-0.05, 0) is 35.7 Å². The van der Waals surface area contributed by atoms with E-state index in [0.29, 0.717) is 0 Å². The second-order valence-corrected chi connectivity index (χ2v) is 5.17. The Kier molecular flexibility index (Phi) is 3.79. The first-order valence-electron chi connectivity index (χ1n) is 6.57. The molecule has 0 bridgehead atoms. The smallest absolute Gasteiger partial charge is 0.308 e. The van der Waals surface area contributed by atoms with Crippen molar-refractivity contribution in [2.75, 3.05) is 10.6 Å². The molecule has 0 aliphatic carbocycles. The van der Waals surface area contributed by atoms with Gasteiger partial charge in [-0.3, -0.25) is 0 Å². The van der Waals surface area contributed by atoms with Crippen LogP contribution in [0.5, 0.6) is 0 Å². The van der Waals surface area contributed by atoms with Crippen LogP contribution in [-0.2, 0) is 0 Å². The van der Waals surface area contributed by atoms with E-state index in [1.807, 2.05) is 66.7 Å². The summed E-state index contributed by atoms with van der Waals surface area (Å²) in [6.07, 6.45) is 0. The summed E-state index contributed by atoms with van der Waals surface area (Å²) in [4.78, 5) is 12.9. The van der Waals surface area contributed by atoms with Gasteiger partial charge < -0.3 is 10.6 Å². The third-order valence-electron chi connectivity index (χ3n) is 3.16. The number of benzene rings is 3. The van der Waals surface area contributed by atoms with Crippen molar-refractivity contribution in [1.82, 2.24) is 0 Å². The number of nitrogens with one attached hydrogen (secondary N) is 2. The van der Waals surface area contributed by atoms with E-state index in [-0.39, 0.29) is 6.03 Å². The topological polar surface area (TPSA) is 41.1 Å². The van der Waals surface area contributed by atoms with Crippen molar-refractivity contribution in [1.29, 1.82) is 0 Å². The number of thiol groups is 1. The lowest BCUT2D eigenvalue weighted by molar-refractivity contribution is 0.262. The van der Waals surface area contributed by atoms with Gasteiger partial charge in [0.1, 0.15) is 0 Å². The van der Waals surface area contributed by atoms with Crippen molar-refractivity contribution in [2.24, 2.45) is 0 Å². The van der Waals surface area contributed by atoms with E-state index in [4.69, 9.17) is 0 Å². The molecule has 21 heavy (non-hydrogen) atoms. The predicted molar refractivity (Wildman–Crippen MR) is 90.3 cm³/mol. The molecule has 0 saturated heterocycles. The molecule has 2 amide bonds. The average molecular weight is 294 g/mol. The standard InChI is InChI=1S/C17H14N2OS/c20-17(18-13-8-10-14(21)11-9-13)19-16-7-3-5-12-4-1-2-6-15(12)16/h1-11,21H,(H2,18,19,20). The minimum absolute atomic E-state index is 0.265. The van der Waals surface area contributed by atoms with Gasteiger partial charge in [0.2, 0.25) is 0 Å². The van der Waals surface area contributed by atoms with E-state index >= 15 is 0 Å². The quantitative estimate of drug-likeness (QED) is 0.585. The number of rotatable bonds is 2. The molecule has 2 N–H and O–H groups in total. The van der Waals surface area contributed by atoms with Crippen LogP contribution < -0.4 is 10.6 Å². The van der Waals surface area contributed by atoms with Crippen molar-refractivity contribution >= 4 is 40.8 Å². The summed E-state index contributed by atoms with van der Waals surface area (Å²) in [6.45, 7) is 0. The summed E-state index contributed by atoms with van der Waals surface area (Å²) in [5, 5.41) is 7.78. The monoisotopic (exact) mass is 294 g/mol. The molecule has 3 nitrogen and oxygen atoms in total. The van der Waals surface area contributed by atoms with Gasteiger partial charge in [-0.1, -0.05) is 36.4 Å². The second-order valence-electron chi connectivity index (χ2n) is 4.65.